The molecule has 4 heteroatoms. The van der Waals surface area contributed by atoms with Crippen LogP contribution >= 0.6 is 0 Å². The monoisotopic (exact) mass is 342 g/mol. The summed E-state index contributed by atoms with van der Waals surface area (Å²) in [5.41, 5.74) is 2.20. The van der Waals surface area contributed by atoms with Crippen LogP contribution in [0.2, 0.25) is 0 Å². The third kappa shape index (κ3) is 7.38. The summed E-state index contributed by atoms with van der Waals surface area (Å²) in [4.78, 5) is 0. The van der Waals surface area contributed by atoms with E-state index < -0.39 is 0 Å². The molecule has 136 valence electrons. The molecule has 0 bridgehead atoms. The molecule has 0 amide bonds. The highest BCUT2D eigenvalue weighted by Crippen LogP contribution is 2.17. The molecule has 0 aliphatic carbocycles. The summed E-state index contributed by atoms with van der Waals surface area (Å²) in [6.45, 7) is 9.61. The van der Waals surface area contributed by atoms with Gasteiger partial charge in [0.1, 0.15) is 11.5 Å². The molecule has 25 heavy (non-hydrogen) atoms. The fourth-order valence-corrected chi connectivity index (χ4v) is 2.23. The molecule has 0 atom stereocenters. The molecule has 2 N–H and O–H groups in total. The normalized spacial score (nSPS) is 10.6. The standard InChI is InChI=1S/C21H30N2O2/c1-4-15-24-20-9-5-18(6-10-20)22-13-14-23-19-7-11-21(12-8-19)25-16-17(2)3/h5-12,17,22-23H,4,13-16H2,1-3H3. The van der Waals surface area contributed by atoms with Gasteiger partial charge in [0.05, 0.1) is 13.2 Å². The van der Waals surface area contributed by atoms with Crippen molar-refractivity contribution >= 4 is 11.4 Å². The van der Waals surface area contributed by atoms with Gasteiger partial charge in [0.2, 0.25) is 0 Å². The van der Waals surface area contributed by atoms with Gasteiger partial charge in [-0.15, -0.1) is 0 Å². The molecule has 0 aromatic heterocycles. The highest BCUT2D eigenvalue weighted by Gasteiger charge is 1.98. The molecule has 2 aromatic rings. The molecule has 0 heterocycles. The average Bonchev–Trinajstić information content (AvgIpc) is 2.63. The van der Waals surface area contributed by atoms with Gasteiger partial charge in [-0.25, -0.2) is 0 Å². The van der Waals surface area contributed by atoms with Crippen molar-refractivity contribution in [1.29, 1.82) is 0 Å². The lowest BCUT2D eigenvalue weighted by Gasteiger charge is -2.11. The Balaban J connectivity index is 1.66. The zero-order valence-electron chi connectivity index (χ0n) is 15.5. The van der Waals surface area contributed by atoms with Crippen LogP contribution in [0.1, 0.15) is 27.2 Å². The second kappa shape index (κ2) is 10.5. The number of benzene rings is 2. The van der Waals surface area contributed by atoms with Gasteiger partial charge in [-0.1, -0.05) is 20.8 Å². The van der Waals surface area contributed by atoms with E-state index in [9.17, 15) is 0 Å². The molecule has 0 aliphatic rings. The molecule has 0 fully saturated rings. The van der Waals surface area contributed by atoms with E-state index in [0.29, 0.717) is 5.92 Å². The van der Waals surface area contributed by atoms with Crippen LogP contribution in [0.15, 0.2) is 48.5 Å². The van der Waals surface area contributed by atoms with E-state index in [1.165, 1.54) is 0 Å². The van der Waals surface area contributed by atoms with Gasteiger partial charge in [-0.05, 0) is 60.9 Å². The quantitative estimate of drug-likeness (QED) is 0.562. The summed E-state index contributed by atoms with van der Waals surface area (Å²) >= 11 is 0. The smallest absolute Gasteiger partial charge is 0.119 e. The summed E-state index contributed by atoms with van der Waals surface area (Å²) in [5.74, 6) is 2.38. The van der Waals surface area contributed by atoms with Gasteiger partial charge in [0.25, 0.3) is 0 Å². The van der Waals surface area contributed by atoms with Crippen molar-refractivity contribution in [3.63, 3.8) is 0 Å². The van der Waals surface area contributed by atoms with Gasteiger partial charge in [-0.3, -0.25) is 0 Å². The minimum Gasteiger partial charge on any atom is -0.494 e. The van der Waals surface area contributed by atoms with Crippen LogP contribution in [0.3, 0.4) is 0 Å². The predicted octanol–water partition coefficient (Wildman–Crippen LogP) is 5.03. The Hall–Kier alpha value is -2.36. The summed E-state index contributed by atoms with van der Waals surface area (Å²) in [6.07, 6.45) is 1.02. The molecular formula is C21H30N2O2. The van der Waals surface area contributed by atoms with E-state index in [0.717, 1.165) is 55.6 Å². The first kappa shape index (κ1) is 19.0. The third-order valence-corrected chi connectivity index (χ3v) is 3.55. The second-order valence-electron chi connectivity index (χ2n) is 6.46. The number of rotatable bonds is 11. The molecule has 0 radical (unpaired) electrons. The maximum Gasteiger partial charge on any atom is 0.119 e. The second-order valence-corrected chi connectivity index (χ2v) is 6.46. The van der Waals surface area contributed by atoms with Crippen LogP contribution in [0.4, 0.5) is 11.4 Å². The molecule has 0 saturated heterocycles. The Kier molecular flexibility index (Phi) is 7.96. The van der Waals surface area contributed by atoms with E-state index in [-0.39, 0.29) is 0 Å². The van der Waals surface area contributed by atoms with E-state index in [2.05, 4.69) is 43.5 Å². The van der Waals surface area contributed by atoms with Crippen LogP contribution in [0, 0.1) is 5.92 Å². The number of hydrogen-bond acceptors (Lipinski definition) is 4. The first-order valence-corrected chi connectivity index (χ1v) is 9.11. The van der Waals surface area contributed by atoms with E-state index >= 15 is 0 Å². The van der Waals surface area contributed by atoms with E-state index in [1.54, 1.807) is 0 Å². The lowest BCUT2D eigenvalue weighted by Crippen LogP contribution is -2.13. The van der Waals surface area contributed by atoms with Crippen molar-refractivity contribution in [3.8, 4) is 11.5 Å². The van der Waals surface area contributed by atoms with Crippen LogP contribution in [0.5, 0.6) is 11.5 Å². The van der Waals surface area contributed by atoms with Crippen molar-refractivity contribution in [2.45, 2.75) is 27.2 Å². The van der Waals surface area contributed by atoms with Gasteiger partial charge in [0.15, 0.2) is 0 Å². The lowest BCUT2D eigenvalue weighted by atomic mass is 10.2. The average molecular weight is 342 g/mol. The maximum atomic E-state index is 5.69. The molecule has 2 aromatic carbocycles. The largest absolute Gasteiger partial charge is 0.494 e. The van der Waals surface area contributed by atoms with Crippen molar-refractivity contribution < 1.29 is 9.47 Å². The highest BCUT2D eigenvalue weighted by molar-refractivity contribution is 5.48. The lowest BCUT2D eigenvalue weighted by molar-refractivity contribution is 0.271. The molecule has 0 unspecified atom stereocenters. The third-order valence-electron chi connectivity index (χ3n) is 3.55. The van der Waals surface area contributed by atoms with Gasteiger partial charge in [-0.2, -0.15) is 0 Å². The number of ether oxygens (including phenoxy) is 2. The zero-order chi connectivity index (χ0) is 17.9. The number of hydrogen-bond donors (Lipinski definition) is 2. The van der Waals surface area contributed by atoms with E-state index in [1.807, 2.05) is 36.4 Å². The first-order chi connectivity index (χ1) is 12.2. The Morgan fingerprint density at radius 3 is 1.68 bits per heavy atom. The summed E-state index contributed by atoms with van der Waals surface area (Å²) in [6, 6.07) is 16.2. The molecule has 4 nitrogen and oxygen atoms in total. The SMILES string of the molecule is CCCOc1ccc(NCCNc2ccc(OCC(C)C)cc2)cc1. The fourth-order valence-electron chi connectivity index (χ4n) is 2.23. The van der Waals surface area contributed by atoms with Crippen LogP contribution in [-0.4, -0.2) is 26.3 Å². The van der Waals surface area contributed by atoms with Crippen molar-refractivity contribution in [2.75, 3.05) is 36.9 Å². The number of nitrogens with one attached hydrogen (secondary N) is 2. The van der Waals surface area contributed by atoms with Gasteiger partial charge >= 0.3 is 0 Å². The summed E-state index contributed by atoms with van der Waals surface area (Å²) in [5, 5.41) is 6.80. The Bertz CT molecular complexity index is 594. The van der Waals surface area contributed by atoms with Crippen molar-refractivity contribution in [1.82, 2.24) is 0 Å². The Labute approximate surface area is 151 Å². The fraction of sp³-hybridized carbons (Fsp3) is 0.429. The molecule has 2 rings (SSSR count). The van der Waals surface area contributed by atoms with Crippen LogP contribution in [-0.2, 0) is 0 Å². The minimum absolute atomic E-state index is 0.538. The first-order valence-electron chi connectivity index (χ1n) is 9.11. The maximum absolute atomic E-state index is 5.69. The topological polar surface area (TPSA) is 42.5 Å². The Morgan fingerprint density at radius 1 is 0.760 bits per heavy atom. The molecule has 0 saturated carbocycles. The molecule has 0 spiro atoms. The number of anilines is 2. The predicted molar refractivity (Wildman–Crippen MR) is 106 cm³/mol. The van der Waals surface area contributed by atoms with Crippen molar-refractivity contribution in [2.24, 2.45) is 5.92 Å². The Morgan fingerprint density at radius 2 is 1.24 bits per heavy atom. The van der Waals surface area contributed by atoms with E-state index in [4.69, 9.17) is 9.47 Å². The minimum atomic E-state index is 0.538. The zero-order valence-corrected chi connectivity index (χ0v) is 15.5. The van der Waals surface area contributed by atoms with Gasteiger partial charge in [0, 0.05) is 24.5 Å². The van der Waals surface area contributed by atoms with Crippen molar-refractivity contribution in [3.05, 3.63) is 48.5 Å². The highest BCUT2D eigenvalue weighted by atomic mass is 16.5. The van der Waals surface area contributed by atoms with Gasteiger partial charge < -0.3 is 20.1 Å². The molecule has 0 aliphatic heterocycles. The van der Waals surface area contributed by atoms with Crippen LogP contribution in [0.25, 0.3) is 0 Å². The molecular weight excluding hydrogens is 312 g/mol. The summed E-state index contributed by atoms with van der Waals surface area (Å²) in [7, 11) is 0. The van der Waals surface area contributed by atoms with Crippen LogP contribution < -0.4 is 20.1 Å². The summed E-state index contributed by atoms with van der Waals surface area (Å²) < 4.78 is 11.3.